The molecular weight excluding hydrogens is 917 g/mol. The molecule has 0 bridgehead atoms. The molecule has 389 valence electrons. The molecule has 16 heteroatoms. The van der Waals surface area contributed by atoms with Crippen molar-refractivity contribution in [3.05, 3.63) is 0 Å². The minimum atomic E-state index is -4.17. The van der Waals surface area contributed by atoms with Crippen molar-refractivity contribution >= 4 is 23.5 Å². The Kier molecular flexibility index (Phi) is 53.0. The molecule has 0 aromatic rings. The van der Waals surface area contributed by atoms with Crippen LogP contribution in [-0.2, 0) is 57.9 Å². The first-order valence-electron chi connectivity index (χ1n) is 25.8. The Morgan fingerprint density at radius 2 is 0.406 bits per heavy atom. The summed E-state index contributed by atoms with van der Waals surface area (Å²) in [4.78, 5) is 35.4. The molecule has 0 saturated carbocycles. The minimum absolute atomic E-state index is 0. The van der Waals surface area contributed by atoms with E-state index >= 15 is 0 Å². The van der Waals surface area contributed by atoms with Crippen LogP contribution < -0.4 is 14.7 Å². The fourth-order valence-electron chi connectivity index (χ4n) is 6.86. The van der Waals surface area contributed by atoms with E-state index in [1.165, 1.54) is 77.0 Å². The first-order valence-corrected chi connectivity index (χ1v) is 30.1. The monoisotopic (exact) mass is 1020 g/mol. The predicted octanol–water partition coefficient (Wildman–Crippen LogP) is 15.6. The molecule has 0 fully saturated rings. The fourth-order valence-corrected chi connectivity index (χ4v) is 10.3. The molecule has 0 spiro atoms. The van der Waals surface area contributed by atoms with Gasteiger partial charge in [-0.15, -0.1) is 0 Å². The first-order chi connectivity index (χ1) is 29.7. The molecule has 12 nitrogen and oxygen atoms in total. The predicted molar refractivity (Wildman–Crippen MR) is 259 cm³/mol. The number of phosphoric ester groups is 3. The van der Waals surface area contributed by atoms with Crippen LogP contribution in [0.1, 0.15) is 276 Å². The summed E-state index contributed by atoms with van der Waals surface area (Å²) in [6.07, 6.45) is 29.8. The third kappa shape index (κ3) is 53.8. The van der Waals surface area contributed by atoms with Crippen molar-refractivity contribution in [3.8, 4) is 0 Å². The third-order valence-electron chi connectivity index (χ3n) is 10.6. The van der Waals surface area contributed by atoms with E-state index in [-0.39, 0.29) is 53.7 Å². The SMILES string of the molecule is CCCCCCC(C)OP(=O)([O-])OC(C)CCCCCC.CCCCCCC(C)OP(=O)([O-])OC(C)CCCCCC.CCCCCCC(C)OP(=O)([O-])OC(C)CCCCCC.[Fe+3]. The van der Waals surface area contributed by atoms with Crippen molar-refractivity contribution in [2.75, 3.05) is 0 Å². The van der Waals surface area contributed by atoms with Crippen molar-refractivity contribution in [1.29, 1.82) is 0 Å². The van der Waals surface area contributed by atoms with Crippen molar-refractivity contribution in [2.45, 2.75) is 312 Å². The van der Waals surface area contributed by atoms with E-state index in [1.54, 1.807) is 41.5 Å². The van der Waals surface area contributed by atoms with Gasteiger partial charge in [0.2, 0.25) is 0 Å². The van der Waals surface area contributed by atoms with E-state index in [1.807, 2.05) is 0 Å². The molecule has 0 aliphatic rings. The zero-order valence-corrected chi connectivity index (χ0v) is 47.1. The van der Waals surface area contributed by atoms with E-state index in [0.717, 1.165) is 116 Å². The molecule has 0 aliphatic carbocycles. The van der Waals surface area contributed by atoms with Crippen LogP contribution in [0.3, 0.4) is 0 Å². The standard InChI is InChI=1S/3C16H35O4P.Fe/c3*1-5-7-9-11-13-15(3)19-21(17,18)20-16(4)14-12-10-8-6-2;/h3*15-16H,5-14H2,1-4H3,(H,17,18);/q;;;+3/p-3. The molecule has 0 saturated heterocycles. The Balaban J connectivity index is -0.000000419. The maximum atomic E-state index is 11.8. The van der Waals surface area contributed by atoms with E-state index in [4.69, 9.17) is 27.1 Å². The Labute approximate surface area is 406 Å². The second-order valence-corrected chi connectivity index (χ2v) is 21.9. The molecule has 0 N–H and O–H groups in total. The van der Waals surface area contributed by atoms with Gasteiger partial charge in [0, 0.05) is 0 Å². The largest absolute Gasteiger partial charge is 3.00 e. The maximum Gasteiger partial charge on any atom is 3.00 e. The third-order valence-corrected chi connectivity index (χ3v) is 14.3. The van der Waals surface area contributed by atoms with Gasteiger partial charge in [0.05, 0.1) is 36.6 Å². The quantitative estimate of drug-likeness (QED) is 0.0322. The normalized spacial score (nSPS) is 17.1. The second kappa shape index (κ2) is 47.5. The van der Waals surface area contributed by atoms with Crippen molar-refractivity contribution in [2.24, 2.45) is 0 Å². The Morgan fingerprint density at radius 3 is 0.516 bits per heavy atom. The van der Waals surface area contributed by atoms with E-state index in [0.29, 0.717) is 0 Å². The van der Waals surface area contributed by atoms with E-state index < -0.39 is 23.5 Å². The number of hydrogen-bond donors (Lipinski definition) is 0. The van der Waals surface area contributed by atoms with Crippen LogP contribution in [0.5, 0.6) is 0 Å². The molecule has 0 rings (SSSR count). The molecule has 6 unspecified atom stereocenters. The van der Waals surface area contributed by atoms with Gasteiger partial charge < -0.3 is 41.8 Å². The summed E-state index contributed by atoms with van der Waals surface area (Å²) in [7, 11) is -12.5. The first kappa shape index (κ1) is 71.4. The summed E-state index contributed by atoms with van der Waals surface area (Å²) in [6, 6.07) is 0. The fraction of sp³-hybridized carbons (Fsp3) is 1.00. The van der Waals surface area contributed by atoms with Gasteiger partial charge in [0.1, 0.15) is 0 Å². The maximum absolute atomic E-state index is 11.8. The summed E-state index contributed by atoms with van der Waals surface area (Å²) in [5, 5.41) is 0. The van der Waals surface area contributed by atoms with Crippen molar-refractivity contribution < 1.29 is 72.6 Å². The number of phosphoric acid groups is 3. The van der Waals surface area contributed by atoms with Crippen LogP contribution in [0.4, 0.5) is 0 Å². The Bertz CT molecular complexity index is 919. The summed E-state index contributed by atoms with van der Waals surface area (Å²) < 4.78 is 66.0. The average molecular weight is 1020 g/mol. The summed E-state index contributed by atoms with van der Waals surface area (Å²) in [6.45, 7) is 23.7. The minimum Gasteiger partial charge on any atom is -0.756 e. The van der Waals surface area contributed by atoms with E-state index in [9.17, 15) is 28.4 Å². The zero-order chi connectivity index (χ0) is 48.4. The summed E-state index contributed by atoms with van der Waals surface area (Å²) in [5.74, 6) is 0. The van der Waals surface area contributed by atoms with Gasteiger partial charge in [-0.1, -0.05) is 196 Å². The molecule has 1 radical (unpaired) electrons. The van der Waals surface area contributed by atoms with Gasteiger partial charge in [-0.3, -0.25) is 13.7 Å². The zero-order valence-electron chi connectivity index (χ0n) is 43.3. The van der Waals surface area contributed by atoms with Crippen LogP contribution in [0.15, 0.2) is 0 Å². The smallest absolute Gasteiger partial charge is 0.756 e. The molecule has 64 heavy (non-hydrogen) atoms. The summed E-state index contributed by atoms with van der Waals surface area (Å²) in [5.41, 5.74) is 0. The Morgan fingerprint density at radius 1 is 0.281 bits per heavy atom. The molecule has 0 aromatic carbocycles. The average Bonchev–Trinajstić information content (AvgIpc) is 3.18. The topological polar surface area (TPSA) is 176 Å². The molecule has 0 heterocycles. The van der Waals surface area contributed by atoms with Gasteiger partial charge >= 0.3 is 17.1 Å². The molecule has 6 atom stereocenters. The molecule has 0 aromatic heterocycles. The number of hydrogen-bond acceptors (Lipinski definition) is 12. The van der Waals surface area contributed by atoms with Crippen molar-refractivity contribution in [3.63, 3.8) is 0 Å². The molecular formula is C48H102FeO12P3. The molecule has 0 aliphatic heterocycles. The van der Waals surface area contributed by atoms with Crippen molar-refractivity contribution in [1.82, 2.24) is 0 Å². The van der Waals surface area contributed by atoms with Crippen LogP contribution in [0, 0.1) is 0 Å². The van der Waals surface area contributed by atoms with Gasteiger partial charge in [0.15, 0.2) is 0 Å². The van der Waals surface area contributed by atoms with Gasteiger partial charge in [0.25, 0.3) is 23.5 Å². The van der Waals surface area contributed by atoms with Gasteiger partial charge in [-0.05, 0) is 80.1 Å². The Hall–Kier alpha value is 0.849. The van der Waals surface area contributed by atoms with Gasteiger partial charge in [-0.2, -0.15) is 0 Å². The second-order valence-electron chi connectivity index (χ2n) is 17.9. The molecule has 0 amide bonds. The van der Waals surface area contributed by atoms with Gasteiger partial charge in [-0.25, -0.2) is 0 Å². The van der Waals surface area contributed by atoms with Crippen LogP contribution in [-0.4, -0.2) is 36.6 Å². The number of unbranched alkanes of at least 4 members (excludes halogenated alkanes) is 18. The van der Waals surface area contributed by atoms with E-state index in [2.05, 4.69) is 41.5 Å². The summed E-state index contributed by atoms with van der Waals surface area (Å²) >= 11 is 0. The number of rotatable bonds is 42. The van der Waals surface area contributed by atoms with Crippen LogP contribution in [0.2, 0.25) is 0 Å². The van der Waals surface area contributed by atoms with Crippen LogP contribution in [0.25, 0.3) is 0 Å². The van der Waals surface area contributed by atoms with Crippen LogP contribution >= 0.6 is 23.5 Å².